The summed E-state index contributed by atoms with van der Waals surface area (Å²) < 4.78 is 12.1. The van der Waals surface area contributed by atoms with Crippen molar-refractivity contribution in [3.05, 3.63) is 45.9 Å². The molecule has 0 aliphatic carbocycles. The van der Waals surface area contributed by atoms with Gasteiger partial charge in [-0.3, -0.25) is 9.59 Å². The van der Waals surface area contributed by atoms with Gasteiger partial charge in [0.1, 0.15) is 4.70 Å². The van der Waals surface area contributed by atoms with Crippen molar-refractivity contribution >= 4 is 39.1 Å². The molecule has 0 bridgehead atoms. The number of thiophene rings is 1. The summed E-state index contributed by atoms with van der Waals surface area (Å²) >= 11 is 1.38. The Morgan fingerprint density at radius 2 is 2.00 bits per heavy atom. The monoisotopic (exact) mass is 384 g/mol. The van der Waals surface area contributed by atoms with Gasteiger partial charge < -0.3 is 19.0 Å². The first-order valence-corrected chi connectivity index (χ1v) is 9.65. The van der Waals surface area contributed by atoms with Crippen molar-refractivity contribution in [3.8, 4) is 11.1 Å². The molecule has 3 heterocycles. The molecule has 4 rings (SSSR count). The molecule has 1 aromatic carbocycles. The summed E-state index contributed by atoms with van der Waals surface area (Å²) in [6.07, 6.45) is 0. The van der Waals surface area contributed by atoms with Gasteiger partial charge >= 0.3 is 0 Å². The van der Waals surface area contributed by atoms with E-state index in [0.717, 1.165) is 16.8 Å². The number of carbonyl (C=O) groups excluding carboxylic acids is 1. The molecule has 0 atom stereocenters. The van der Waals surface area contributed by atoms with Gasteiger partial charge in [-0.15, -0.1) is 11.3 Å². The molecule has 27 heavy (non-hydrogen) atoms. The molecular weight excluding hydrogens is 364 g/mol. The molecule has 0 N–H and O–H groups in total. The van der Waals surface area contributed by atoms with Crippen LogP contribution in [0.25, 0.3) is 21.4 Å². The SMILES string of the molecule is CC(=O)N(C)c1cccc(-c2csc3c(=O)cc(N4CCOCC4)oc23)c1. The lowest BCUT2D eigenvalue weighted by molar-refractivity contribution is -0.116. The lowest BCUT2D eigenvalue weighted by Gasteiger charge is -2.27. The summed E-state index contributed by atoms with van der Waals surface area (Å²) in [6.45, 7) is 4.18. The minimum Gasteiger partial charge on any atom is -0.439 e. The van der Waals surface area contributed by atoms with Crippen LogP contribution in [0.2, 0.25) is 0 Å². The minimum atomic E-state index is -0.0385. The number of anilines is 2. The lowest BCUT2D eigenvalue weighted by atomic mass is 10.1. The van der Waals surface area contributed by atoms with Gasteiger partial charge in [0.15, 0.2) is 11.5 Å². The molecule has 0 radical (unpaired) electrons. The maximum absolute atomic E-state index is 12.6. The zero-order valence-electron chi connectivity index (χ0n) is 15.2. The highest BCUT2D eigenvalue weighted by Gasteiger charge is 2.19. The highest BCUT2D eigenvalue weighted by Crippen LogP contribution is 2.35. The van der Waals surface area contributed by atoms with Gasteiger partial charge in [0.05, 0.1) is 13.2 Å². The lowest BCUT2D eigenvalue weighted by Crippen LogP contribution is -2.36. The first-order chi connectivity index (χ1) is 13.0. The van der Waals surface area contributed by atoms with E-state index in [1.165, 1.54) is 18.3 Å². The fourth-order valence-corrected chi connectivity index (χ4v) is 4.05. The Hall–Kier alpha value is -2.64. The van der Waals surface area contributed by atoms with Gasteiger partial charge in [-0.2, -0.15) is 0 Å². The Labute approximate surface area is 160 Å². The summed E-state index contributed by atoms with van der Waals surface area (Å²) in [4.78, 5) is 27.9. The molecule has 1 aliphatic rings. The third-order valence-corrected chi connectivity index (χ3v) is 5.75. The highest BCUT2D eigenvalue weighted by atomic mass is 32.1. The normalized spacial score (nSPS) is 14.5. The van der Waals surface area contributed by atoms with Crippen molar-refractivity contribution < 1.29 is 13.9 Å². The van der Waals surface area contributed by atoms with E-state index in [0.29, 0.717) is 42.5 Å². The van der Waals surface area contributed by atoms with Gasteiger partial charge in [0.25, 0.3) is 0 Å². The van der Waals surface area contributed by atoms with E-state index in [1.807, 2.05) is 34.5 Å². The molecule has 140 valence electrons. The molecule has 0 saturated carbocycles. The van der Waals surface area contributed by atoms with Gasteiger partial charge in [-0.1, -0.05) is 12.1 Å². The van der Waals surface area contributed by atoms with Crippen molar-refractivity contribution in [2.45, 2.75) is 6.92 Å². The fourth-order valence-electron chi connectivity index (χ4n) is 3.13. The van der Waals surface area contributed by atoms with Crippen LogP contribution in [0.3, 0.4) is 0 Å². The number of hydrogen-bond acceptors (Lipinski definition) is 6. The molecular formula is C20H20N2O4S. The number of morpholine rings is 1. The summed E-state index contributed by atoms with van der Waals surface area (Å²) in [5, 5.41) is 1.94. The van der Waals surface area contributed by atoms with Crippen LogP contribution in [-0.4, -0.2) is 39.3 Å². The number of fused-ring (bicyclic) bond motifs is 1. The van der Waals surface area contributed by atoms with Crippen LogP contribution in [0, 0.1) is 0 Å². The maximum atomic E-state index is 12.6. The Morgan fingerprint density at radius 3 is 2.74 bits per heavy atom. The van der Waals surface area contributed by atoms with Gasteiger partial charge in [-0.05, 0) is 17.7 Å². The van der Waals surface area contributed by atoms with E-state index in [2.05, 4.69) is 0 Å². The standard InChI is InChI=1S/C20H20N2O4S/c1-13(23)21(2)15-5-3-4-14(10-15)16-12-27-20-17(24)11-18(26-19(16)20)22-6-8-25-9-7-22/h3-5,10-12H,6-9H2,1-2H3. The number of nitrogens with zero attached hydrogens (tertiary/aromatic N) is 2. The molecule has 2 aromatic heterocycles. The first-order valence-electron chi connectivity index (χ1n) is 8.77. The van der Waals surface area contributed by atoms with Crippen molar-refractivity contribution in [2.75, 3.05) is 43.2 Å². The Balaban J connectivity index is 1.81. The summed E-state index contributed by atoms with van der Waals surface area (Å²) in [6, 6.07) is 9.24. The van der Waals surface area contributed by atoms with Gasteiger partial charge in [-0.25, -0.2) is 0 Å². The quantitative estimate of drug-likeness (QED) is 0.693. The third-order valence-electron chi connectivity index (χ3n) is 4.77. The first kappa shape index (κ1) is 17.8. The van der Waals surface area contributed by atoms with Crippen LogP contribution in [0.4, 0.5) is 11.6 Å². The van der Waals surface area contributed by atoms with Crippen LogP contribution < -0.4 is 15.2 Å². The maximum Gasteiger partial charge on any atom is 0.223 e. The van der Waals surface area contributed by atoms with Crippen molar-refractivity contribution in [1.29, 1.82) is 0 Å². The molecule has 0 spiro atoms. The molecule has 1 saturated heterocycles. The predicted molar refractivity (Wildman–Crippen MR) is 108 cm³/mol. The number of hydrogen-bond donors (Lipinski definition) is 0. The number of amides is 1. The highest BCUT2D eigenvalue weighted by molar-refractivity contribution is 7.17. The average molecular weight is 384 g/mol. The van der Waals surface area contributed by atoms with Crippen LogP contribution in [-0.2, 0) is 9.53 Å². The van der Waals surface area contributed by atoms with Gasteiger partial charge in [0.2, 0.25) is 11.3 Å². The Morgan fingerprint density at radius 1 is 1.22 bits per heavy atom. The number of rotatable bonds is 3. The number of carbonyl (C=O) groups is 1. The molecule has 0 unspecified atom stereocenters. The summed E-state index contributed by atoms with van der Waals surface area (Å²) in [7, 11) is 1.74. The van der Waals surface area contributed by atoms with Crippen LogP contribution in [0.15, 0.2) is 44.9 Å². The number of benzene rings is 1. The van der Waals surface area contributed by atoms with E-state index in [1.54, 1.807) is 18.0 Å². The molecule has 1 amide bonds. The van der Waals surface area contributed by atoms with Gasteiger partial charge in [0, 0.05) is 49.8 Å². The second-order valence-electron chi connectivity index (χ2n) is 6.48. The predicted octanol–water partition coefficient (Wildman–Crippen LogP) is 3.34. The second-order valence-corrected chi connectivity index (χ2v) is 7.36. The summed E-state index contributed by atoms with van der Waals surface area (Å²) in [5.41, 5.74) is 3.13. The molecule has 7 heteroatoms. The fraction of sp³-hybridized carbons (Fsp3) is 0.300. The number of ether oxygens (including phenoxy) is 1. The third kappa shape index (κ3) is 3.36. The van der Waals surface area contributed by atoms with Crippen molar-refractivity contribution in [2.24, 2.45) is 0 Å². The zero-order chi connectivity index (χ0) is 19.0. The van der Waals surface area contributed by atoms with E-state index in [4.69, 9.17) is 9.15 Å². The Kier molecular flexibility index (Phi) is 4.72. The minimum absolute atomic E-state index is 0.0361. The summed E-state index contributed by atoms with van der Waals surface area (Å²) in [5.74, 6) is 0.538. The van der Waals surface area contributed by atoms with E-state index < -0.39 is 0 Å². The molecule has 3 aromatic rings. The molecule has 1 fully saturated rings. The second kappa shape index (κ2) is 7.17. The van der Waals surface area contributed by atoms with E-state index in [-0.39, 0.29) is 11.3 Å². The van der Waals surface area contributed by atoms with Crippen molar-refractivity contribution in [3.63, 3.8) is 0 Å². The zero-order valence-corrected chi connectivity index (χ0v) is 16.0. The van der Waals surface area contributed by atoms with Crippen LogP contribution >= 0.6 is 11.3 Å². The molecule has 1 aliphatic heterocycles. The average Bonchev–Trinajstić information content (AvgIpc) is 3.12. The smallest absolute Gasteiger partial charge is 0.223 e. The van der Waals surface area contributed by atoms with Crippen LogP contribution in [0.5, 0.6) is 0 Å². The largest absolute Gasteiger partial charge is 0.439 e. The van der Waals surface area contributed by atoms with E-state index in [9.17, 15) is 9.59 Å². The molecule has 6 nitrogen and oxygen atoms in total. The Bertz CT molecular complexity index is 1050. The van der Waals surface area contributed by atoms with Crippen molar-refractivity contribution in [1.82, 2.24) is 0 Å². The van der Waals surface area contributed by atoms with E-state index >= 15 is 0 Å². The topological polar surface area (TPSA) is 63.0 Å². The van der Waals surface area contributed by atoms with Crippen LogP contribution in [0.1, 0.15) is 6.92 Å².